The van der Waals surface area contributed by atoms with Gasteiger partial charge in [-0.3, -0.25) is 19.2 Å². The second-order valence-electron chi connectivity index (χ2n) is 7.19. The van der Waals surface area contributed by atoms with Gasteiger partial charge in [-0.1, -0.05) is 13.8 Å². The molecule has 5 atom stereocenters. The van der Waals surface area contributed by atoms with E-state index in [2.05, 4.69) is 10.6 Å². The number of nitrogens with one attached hydrogen (secondary N) is 3. The van der Waals surface area contributed by atoms with E-state index in [1.807, 2.05) is 19.2 Å². The lowest BCUT2D eigenvalue weighted by molar-refractivity contribution is -0.147. The van der Waals surface area contributed by atoms with Crippen LogP contribution in [0.4, 0.5) is 0 Å². The van der Waals surface area contributed by atoms with Gasteiger partial charge in [-0.25, -0.2) is 4.79 Å². The zero-order valence-electron chi connectivity index (χ0n) is 16.8. The molecule has 166 valence electrons. The van der Waals surface area contributed by atoms with Crippen molar-refractivity contribution in [2.45, 2.75) is 70.8 Å². The minimum Gasteiger partial charge on any atom is -0.481 e. The second-order valence-corrected chi connectivity index (χ2v) is 7.19. The van der Waals surface area contributed by atoms with Crippen LogP contribution in [-0.2, 0) is 24.0 Å². The smallest absolute Gasteiger partial charge is 0.326 e. The van der Waals surface area contributed by atoms with E-state index in [9.17, 15) is 29.1 Å². The van der Waals surface area contributed by atoms with Gasteiger partial charge in [0.1, 0.15) is 18.1 Å². The van der Waals surface area contributed by atoms with Gasteiger partial charge in [0.25, 0.3) is 0 Å². The molecule has 5 unspecified atom stereocenters. The maximum absolute atomic E-state index is 12.3. The Balaban J connectivity index is 5.02. The van der Waals surface area contributed by atoms with E-state index < -0.39 is 66.4 Å². The lowest BCUT2D eigenvalue weighted by Crippen LogP contribution is -2.59. The highest BCUT2D eigenvalue weighted by Crippen LogP contribution is 2.03. The van der Waals surface area contributed by atoms with Crippen molar-refractivity contribution in [3.05, 3.63) is 0 Å². The summed E-state index contributed by atoms with van der Waals surface area (Å²) in [6.07, 6.45) is -1.91. The molecule has 0 rings (SSSR count). The molecule has 0 aliphatic carbocycles. The highest BCUT2D eigenvalue weighted by Gasteiger charge is 2.32. The number of nitrogens with two attached hydrogens (primary N) is 1. The number of amides is 3. The first-order chi connectivity index (χ1) is 13.3. The average Bonchev–Trinajstić information content (AvgIpc) is 2.56. The molecule has 0 heterocycles. The minimum atomic E-state index is -1.75. The first kappa shape index (κ1) is 26.3. The number of hydrogen-bond acceptors (Lipinski definition) is 7. The molecule has 29 heavy (non-hydrogen) atoms. The Morgan fingerprint density at radius 1 is 0.862 bits per heavy atom. The predicted molar refractivity (Wildman–Crippen MR) is 100 cm³/mol. The van der Waals surface area contributed by atoms with Gasteiger partial charge in [0, 0.05) is 0 Å². The van der Waals surface area contributed by atoms with Crippen molar-refractivity contribution in [3.63, 3.8) is 0 Å². The van der Waals surface area contributed by atoms with E-state index >= 15 is 0 Å². The molecule has 0 spiro atoms. The van der Waals surface area contributed by atoms with Crippen LogP contribution in [0, 0.1) is 5.92 Å². The van der Waals surface area contributed by atoms with Crippen molar-refractivity contribution < 1.29 is 39.3 Å². The fourth-order valence-corrected chi connectivity index (χ4v) is 2.32. The molecule has 3 amide bonds. The third-order valence-electron chi connectivity index (χ3n) is 3.87. The fourth-order valence-electron chi connectivity index (χ4n) is 2.32. The van der Waals surface area contributed by atoms with Gasteiger partial charge in [0.05, 0.1) is 18.6 Å². The third-order valence-corrected chi connectivity index (χ3v) is 3.87. The Morgan fingerprint density at radius 2 is 1.41 bits per heavy atom. The summed E-state index contributed by atoms with van der Waals surface area (Å²) in [6.45, 7) is 6.28. The van der Waals surface area contributed by atoms with Crippen molar-refractivity contribution in [2.24, 2.45) is 11.7 Å². The molecule has 0 radical (unpaired) electrons. The van der Waals surface area contributed by atoms with Crippen molar-refractivity contribution in [1.82, 2.24) is 16.0 Å². The van der Waals surface area contributed by atoms with Gasteiger partial charge in [-0.15, -0.1) is 0 Å². The lowest BCUT2D eigenvalue weighted by Gasteiger charge is -2.25. The zero-order valence-corrected chi connectivity index (χ0v) is 16.8. The molecular formula is C17H30N4O8. The highest BCUT2D eigenvalue weighted by atomic mass is 16.4. The molecule has 0 aliphatic rings. The van der Waals surface area contributed by atoms with Crippen LogP contribution in [0.15, 0.2) is 0 Å². The number of aliphatic carboxylic acids is 2. The quantitative estimate of drug-likeness (QED) is 0.183. The molecule has 0 saturated heterocycles. The summed E-state index contributed by atoms with van der Waals surface area (Å²) in [6, 6.07) is -5.23. The van der Waals surface area contributed by atoms with Gasteiger partial charge in [0.15, 0.2) is 0 Å². The maximum Gasteiger partial charge on any atom is 0.326 e. The molecule has 8 N–H and O–H groups in total. The summed E-state index contributed by atoms with van der Waals surface area (Å²) in [5.74, 6) is -5.35. The van der Waals surface area contributed by atoms with E-state index in [1.54, 1.807) is 0 Å². The highest BCUT2D eigenvalue weighted by molar-refractivity contribution is 5.94. The van der Waals surface area contributed by atoms with Crippen molar-refractivity contribution >= 4 is 29.7 Å². The Hall–Kier alpha value is -2.73. The molecule has 0 saturated carbocycles. The Morgan fingerprint density at radius 3 is 1.83 bits per heavy atom. The molecule has 0 aromatic carbocycles. The average molecular weight is 418 g/mol. The molecule has 0 aliphatic heterocycles. The van der Waals surface area contributed by atoms with E-state index in [0.717, 1.165) is 0 Å². The van der Waals surface area contributed by atoms with Crippen LogP contribution < -0.4 is 21.7 Å². The van der Waals surface area contributed by atoms with Crippen LogP contribution in [0.5, 0.6) is 0 Å². The lowest BCUT2D eigenvalue weighted by atomic mass is 10.0. The molecular weight excluding hydrogens is 388 g/mol. The largest absolute Gasteiger partial charge is 0.481 e. The third kappa shape index (κ3) is 9.85. The van der Waals surface area contributed by atoms with Crippen molar-refractivity contribution in [3.8, 4) is 0 Å². The van der Waals surface area contributed by atoms with Crippen LogP contribution in [0.25, 0.3) is 0 Å². The van der Waals surface area contributed by atoms with E-state index in [-0.39, 0.29) is 5.92 Å². The maximum atomic E-state index is 12.3. The Kier molecular flexibility index (Phi) is 10.8. The topological polar surface area (TPSA) is 208 Å². The summed E-state index contributed by atoms with van der Waals surface area (Å²) in [7, 11) is 0. The zero-order chi connectivity index (χ0) is 22.9. The molecule has 0 fully saturated rings. The second kappa shape index (κ2) is 12.0. The van der Waals surface area contributed by atoms with Crippen molar-refractivity contribution in [2.75, 3.05) is 0 Å². The van der Waals surface area contributed by atoms with Crippen LogP contribution in [0.2, 0.25) is 0 Å². The van der Waals surface area contributed by atoms with Crippen LogP contribution in [-0.4, -0.2) is 75.3 Å². The van der Waals surface area contributed by atoms with Gasteiger partial charge >= 0.3 is 11.9 Å². The Labute approximate surface area is 168 Å². The number of aliphatic hydroxyl groups is 1. The van der Waals surface area contributed by atoms with Gasteiger partial charge in [-0.05, 0) is 26.2 Å². The van der Waals surface area contributed by atoms with Crippen molar-refractivity contribution in [1.29, 1.82) is 0 Å². The standard InChI is InChI=1S/C17H30N4O8/c1-7(2)5-10(18)15(26)19-8(3)14(25)21-13(9(4)22)16(27)20-11(17(28)29)6-12(23)24/h7-11,13,22H,5-6,18H2,1-4H3,(H,19,26)(H,20,27)(H,21,25)(H,23,24)(H,28,29). The SMILES string of the molecule is CC(C)CC(N)C(=O)NC(C)C(=O)NC(C(=O)NC(CC(=O)O)C(=O)O)C(C)O. The molecule has 0 aromatic heterocycles. The Bertz CT molecular complexity index is 623. The summed E-state index contributed by atoms with van der Waals surface area (Å²) >= 11 is 0. The number of aliphatic hydroxyl groups excluding tert-OH is 1. The van der Waals surface area contributed by atoms with Gasteiger partial charge < -0.3 is 37.0 Å². The minimum absolute atomic E-state index is 0.163. The summed E-state index contributed by atoms with van der Waals surface area (Å²) in [4.78, 5) is 58.3. The molecule has 12 nitrogen and oxygen atoms in total. The summed E-state index contributed by atoms with van der Waals surface area (Å²) in [5.41, 5.74) is 5.74. The van der Waals surface area contributed by atoms with E-state index in [0.29, 0.717) is 6.42 Å². The molecule has 0 bridgehead atoms. The van der Waals surface area contributed by atoms with E-state index in [1.165, 1.54) is 13.8 Å². The number of carboxylic acid groups (broad SMARTS) is 2. The monoisotopic (exact) mass is 418 g/mol. The van der Waals surface area contributed by atoms with Crippen LogP contribution in [0.3, 0.4) is 0 Å². The normalized spacial score (nSPS) is 16.1. The number of carboxylic acids is 2. The summed E-state index contributed by atoms with van der Waals surface area (Å²) in [5, 5.41) is 34.0. The number of hydrogen-bond donors (Lipinski definition) is 7. The number of carbonyl (C=O) groups excluding carboxylic acids is 3. The molecule has 12 heteroatoms. The molecule has 0 aromatic rings. The van der Waals surface area contributed by atoms with Gasteiger partial charge in [-0.2, -0.15) is 0 Å². The fraction of sp³-hybridized carbons (Fsp3) is 0.706. The van der Waals surface area contributed by atoms with E-state index in [4.69, 9.17) is 15.9 Å². The first-order valence-corrected chi connectivity index (χ1v) is 9.05. The van der Waals surface area contributed by atoms with Crippen LogP contribution >= 0.6 is 0 Å². The van der Waals surface area contributed by atoms with Gasteiger partial charge in [0.2, 0.25) is 17.7 Å². The van der Waals surface area contributed by atoms with Crippen LogP contribution in [0.1, 0.15) is 40.5 Å². The number of rotatable bonds is 12. The summed E-state index contributed by atoms with van der Waals surface area (Å²) < 4.78 is 0. The predicted octanol–water partition coefficient (Wildman–Crippen LogP) is -2.23. The first-order valence-electron chi connectivity index (χ1n) is 9.05. The number of carbonyl (C=O) groups is 5.